The van der Waals surface area contributed by atoms with Crippen LogP contribution in [0.15, 0.2) is 18.2 Å². The Balaban J connectivity index is 1.98. The highest BCUT2D eigenvalue weighted by Gasteiger charge is 2.23. The first-order valence-electron chi connectivity index (χ1n) is 6.08. The van der Waals surface area contributed by atoms with Crippen LogP contribution in [0, 0.1) is 5.82 Å². The summed E-state index contributed by atoms with van der Waals surface area (Å²) in [6, 6.07) is 4.76. The van der Waals surface area contributed by atoms with Crippen molar-refractivity contribution < 1.29 is 12.8 Å². The number of nitrogen functional groups attached to an aromatic ring is 1. The minimum absolute atomic E-state index is 0.174. The molecule has 19 heavy (non-hydrogen) atoms. The van der Waals surface area contributed by atoms with Gasteiger partial charge in [-0.25, -0.2) is 12.8 Å². The summed E-state index contributed by atoms with van der Waals surface area (Å²) in [5.41, 5.74) is 6.61. The van der Waals surface area contributed by atoms with E-state index < -0.39 is 15.8 Å². The third-order valence-electron chi connectivity index (χ3n) is 3.34. The Labute approximate surface area is 112 Å². The van der Waals surface area contributed by atoms with Crippen molar-refractivity contribution in [2.75, 3.05) is 38.2 Å². The molecule has 2 N–H and O–H groups in total. The molecule has 0 bridgehead atoms. The van der Waals surface area contributed by atoms with E-state index in [9.17, 15) is 12.8 Å². The van der Waals surface area contributed by atoms with Crippen molar-refractivity contribution >= 4 is 15.7 Å². The highest BCUT2D eigenvalue weighted by atomic mass is 32.2. The fourth-order valence-electron chi connectivity index (χ4n) is 2.18. The van der Waals surface area contributed by atoms with Gasteiger partial charge in [0, 0.05) is 32.7 Å². The molecule has 2 rings (SSSR count). The van der Waals surface area contributed by atoms with Crippen molar-refractivity contribution in [2.24, 2.45) is 0 Å². The van der Waals surface area contributed by atoms with Crippen LogP contribution >= 0.6 is 0 Å². The first-order valence-corrected chi connectivity index (χ1v) is 7.93. The molecule has 0 aliphatic carbocycles. The number of para-hydroxylation sites is 1. The Morgan fingerprint density at radius 3 is 2.47 bits per heavy atom. The van der Waals surface area contributed by atoms with Crippen LogP contribution in [0.5, 0.6) is 0 Å². The minimum Gasteiger partial charge on any atom is -0.396 e. The predicted octanol–water partition coefficient (Wildman–Crippen LogP) is 0.485. The minimum atomic E-state index is -3.12. The second-order valence-electron chi connectivity index (χ2n) is 4.75. The van der Waals surface area contributed by atoms with Crippen molar-refractivity contribution in [3.05, 3.63) is 29.6 Å². The molecule has 5 nitrogen and oxygen atoms in total. The van der Waals surface area contributed by atoms with Gasteiger partial charge in [0.1, 0.15) is 5.82 Å². The van der Waals surface area contributed by atoms with Crippen molar-refractivity contribution in [1.29, 1.82) is 0 Å². The summed E-state index contributed by atoms with van der Waals surface area (Å²) in [6.07, 6.45) is 1.22. The Morgan fingerprint density at radius 2 is 1.89 bits per heavy atom. The molecule has 1 aliphatic rings. The Bertz CT molecular complexity index is 554. The molecule has 1 aromatic rings. The molecule has 7 heteroatoms. The summed E-state index contributed by atoms with van der Waals surface area (Å²) in [5.74, 6) is -0.410. The van der Waals surface area contributed by atoms with Gasteiger partial charge >= 0.3 is 0 Å². The Hall–Kier alpha value is -1.18. The number of sulfonamides is 1. The van der Waals surface area contributed by atoms with Crippen LogP contribution in [0.3, 0.4) is 0 Å². The molecule has 0 amide bonds. The molecular formula is C12H18FN3O2S. The lowest BCUT2D eigenvalue weighted by atomic mass is 10.1. The van der Waals surface area contributed by atoms with E-state index in [4.69, 9.17) is 5.73 Å². The van der Waals surface area contributed by atoms with E-state index in [1.54, 1.807) is 12.1 Å². The quantitative estimate of drug-likeness (QED) is 0.821. The molecule has 1 aromatic carbocycles. The first-order chi connectivity index (χ1) is 8.88. The van der Waals surface area contributed by atoms with Crippen molar-refractivity contribution in [3.8, 4) is 0 Å². The van der Waals surface area contributed by atoms with Gasteiger partial charge in [-0.05, 0) is 11.6 Å². The zero-order chi connectivity index (χ0) is 14.0. The third-order valence-corrected chi connectivity index (χ3v) is 4.64. The average molecular weight is 287 g/mol. The van der Waals surface area contributed by atoms with E-state index >= 15 is 0 Å². The number of nitrogens with zero attached hydrogens (tertiary/aromatic N) is 2. The highest BCUT2D eigenvalue weighted by molar-refractivity contribution is 7.88. The largest absolute Gasteiger partial charge is 0.396 e. The zero-order valence-corrected chi connectivity index (χ0v) is 11.7. The van der Waals surface area contributed by atoms with Crippen LogP contribution in [0.4, 0.5) is 10.1 Å². The number of benzene rings is 1. The lowest BCUT2D eigenvalue weighted by Crippen LogP contribution is -2.47. The summed E-state index contributed by atoms with van der Waals surface area (Å²) >= 11 is 0. The number of nitrogens with two attached hydrogens (primary N) is 1. The van der Waals surface area contributed by atoms with Gasteiger partial charge in [0.05, 0.1) is 11.9 Å². The summed E-state index contributed by atoms with van der Waals surface area (Å²) in [5, 5.41) is 0. The highest BCUT2D eigenvalue weighted by Crippen LogP contribution is 2.18. The fraction of sp³-hybridized carbons (Fsp3) is 0.500. The van der Waals surface area contributed by atoms with Gasteiger partial charge in [-0.2, -0.15) is 4.31 Å². The molecule has 1 fully saturated rings. The van der Waals surface area contributed by atoms with Gasteiger partial charge in [-0.15, -0.1) is 0 Å². The molecule has 1 aliphatic heterocycles. The van der Waals surface area contributed by atoms with Gasteiger partial charge < -0.3 is 5.73 Å². The molecule has 0 radical (unpaired) electrons. The van der Waals surface area contributed by atoms with E-state index in [-0.39, 0.29) is 5.69 Å². The van der Waals surface area contributed by atoms with Gasteiger partial charge in [0.2, 0.25) is 10.0 Å². The first kappa shape index (κ1) is 14.2. The normalized spacial score (nSPS) is 18.6. The Kier molecular flexibility index (Phi) is 4.07. The van der Waals surface area contributed by atoms with Crippen LogP contribution in [0.2, 0.25) is 0 Å². The second-order valence-corrected chi connectivity index (χ2v) is 6.73. The lowest BCUT2D eigenvalue weighted by Gasteiger charge is -2.33. The number of piperazine rings is 1. The van der Waals surface area contributed by atoms with Crippen molar-refractivity contribution in [2.45, 2.75) is 6.54 Å². The lowest BCUT2D eigenvalue weighted by molar-refractivity contribution is 0.182. The summed E-state index contributed by atoms with van der Waals surface area (Å²) < 4.78 is 37.6. The SMILES string of the molecule is CS(=O)(=O)N1CCN(Cc2cccc(F)c2N)CC1. The smallest absolute Gasteiger partial charge is 0.211 e. The number of hydrogen-bond donors (Lipinski definition) is 1. The summed E-state index contributed by atoms with van der Waals surface area (Å²) in [6.45, 7) is 2.73. The maximum absolute atomic E-state index is 13.3. The van der Waals surface area contributed by atoms with E-state index in [0.29, 0.717) is 32.7 Å². The molecule has 0 aromatic heterocycles. The third kappa shape index (κ3) is 3.43. The average Bonchev–Trinajstić information content (AvgIpc) is 2.35. The molecule has 0 spiro atoms. The maximum atomic E-state index is 13.3. The maximum Gasteiger partial charge on any atom is 0.211 e. The molecule has 0 saturated carbocycles. The van der Waals surface area contributed by atoms with E-state index in [2.05, 4.69) is 4.90 Å². The standard InChI is InChI=1S/C12H18FN3O2S/c1-19(17,18)16-7-5-15(6-8-16)9-10-3-2-4-11(13)12(10)14/h2-4H,5-9,14H2,1H3. The second kappa shape index (κ2) is 5.44. The summed E-state index contributed by atoms with van der Waals surface area (Å²) in [7, 11) is -3.12. The zero-order valence-electron chi connectivity index (χ0n) is 10.8. The fourth-order valence-corrected chi connectivity index (χ4v) is 3.01. The van der Waals surface area contributed by atoms with E-state index in [1.165, 1.54) is 16.6 Å². The summed E-state index contributed by atoms with van der Waals surface area (Å²) in [4.78, 5) is 2.08. The topological polar surface area (TPSA) is 66.6 Å². The monoisotopic (exact) mass is 287 g/mol. The number of rotatable bonds is 3. The van der Waals surface area contributed by atoms with Crippen LogP contribution in [0.1, 0.15) is 5.56 Å². The van der Waals surface area contributed by atoms with Crippen molar-refractivity contribution in [1.82, 2.24) is 9.21 Å². The molecule has 1 heterocycles. The molecule has 1 saturated heterocycles. The number of hydrogen-bond acceptors (Lipinski definition) is 4. The Morgan fingerprint density at radius 1 is 1.26 bits per heavy atom. The van der Waals surface area contributed by atoms with Crippen LogP contribution in [-0.4, -0.2) is 50.1 Å². The number of anilines is 1. The van der Waals surface area contributed by atoms with Crippen LogP contribution in [-0.2, 0) is 16.6 Å². The molecule has 0 atom stereocenters. The van der Waals surface area contributed by atoms with Crippen LogP contribution < -0.4 is 5.73 Å². The van der Waals surface area contributed by atoms with Gasteiger partial charge in [0.25, 0.3) is 0 Å². The van der Waals surface area contributed by atoms with E-state index in [0.717, 1.165) is 5.56 Å². The van der Waals surface area contributed by atoms with Crippen LogP contribution in [0.25, 0.3) is 0 Å². The van der Waals surface area contributed by atoms with Crippen molar-refractivity contribution in [3.63, 3.8) is 0 Å². The van der Waals surface area contributed by atoms with E-state index in [1.807, 2.05) is 0 Å². The van der Waals surface area contributed by atoms with Gasteiger partial charge in [-0.3, -0.25) is 4.90 Å². The predicted molar refractivity (Wildman–Crippen MR) is 72.5 cm³/mol. The number of halogens is 1. The molecule has 106 valence electrons. The molecular weight excluding hydrogens is 269 g/mol. The van der Waals surface area contributed by atoms with Gasteiger partial charge in [-0.1, -0.05) is 12.1 Å². The molecule has 0 unspecified atom stereocenters. The van der Waals surface area contributed by atoms with Gasteiger partial charge in [0.15, 0.2) is 0 Å².